The summed E-state index contributed by atoms with van der Waals surface area (Å²) in [5, 5.41) is 4.33. The van der Waals surface area contributed by atoms with Crippen molar-refractivity contribution in [1.82, 2.24) is 15.2 Å². The average Bonchev–Trinajstić information content (AvgIpc) is 3.08. The number of guanidine groups is 1. The van der Waals surface area contributed by atoms with E-state index in [4.69, 9.17) is 9.73 Å². The molecule has 3 rings (SSSR count). The standard InChI is InChI=1S/C21H31FN4O/c1-3-23-21(26(2)11-7-16-8-12-27-13-9-16)24-10-6-17-15-25-20-5-4-18(22)14-19(17)20/h4-5,14-16,25H,3,6-13H2,1-2H3,(H,23,24). The third kappa shape index (κ3) is 5.45. The second-order valence-corrected chi connectivity index (χ2v) is 7.26. The van der Waals surface area contributed by atoms with Crippen LogP contribution in [0.4, 0.5) is 4.39 Å². The second-order valence-electron chi connectivity index (χ2n) is 7.26. The minimum absolute atomic E-state index is 0.201. The van der Waals surface area contributed by atoms with E-state index in [1.54, 1.807) is 12.1 Å². The van der Waals surface area contributed by atoms with Crippen molar-refractivity contribution in [3.05, 3.63) is 35.8 Å². The first-order chi connectivity index (χ1) is 13.2. The van der Waals surface area contributed by atoms with Gasteiger partial charge in [0.25, 0.3) is 0 Å². The fourth-order valence-electron chi connectivity index (χ4n) is 3.63. The number of aromatic amines is 1. The lowest BCUT2D eigenvalue weighted by atomic mass is 9.96. The van der Waals surface area contributed by atoms with E-state index in [1.165, 1.54) is 25.3 Å². The monoisotopic (exact) mass is 374 g/mol. The Morgan fingerprint density at radius 2 is 2.19 bits per heavy atom. The topological polar surface area (TPSA) is 52.7 Å². The SMILES string of the molecule is CCNC(=NCCc1c[nH]c2ccc(F)cc12)N(C)CCC1CCOCC1. The molecule has 0 aliphatic carbocycles. The molecule has 0 spiro atoms. The Morgan fingerprint density at radius 1 is 1.37 bits per heavy atom. The van der Waals surface area contributed by atoms with Gasteiger partial charge in [-0.1, -0.05) is 0 Å². The van der Waals surface area contributed by atoms with Gasteiger partial charge in [-0.2, -0.15) is 0 Å². The number of halogens is 1. The van der Waals surface area contributed by atoms with Gasteiger partial charge >= 0.3 is 0 Å². The van der Waals surface area contributed by atoms with E-state index in [0.717, 1.165) is 61.1 Å². The summed E-state index contributed by atoms with van der Waals surface area (Å²) in [6.45, 7) is 6.40. The number of ether oxygens (including phenoxy) is 1. The largest absolute Gasteiger partial charge is 0.381 e. The first-order valence-corrected chi connectivity index (χ1v) is 10.00. The number of nitrogens with one attached hydrogen (secondary N) is 2. The molecule has 5 nitrogen and oxygen atoms in total. The molecule has 0 amide bonds. The molecule has 148 valence electrons. The molecule has 0 bridgehead atoms. The molecule has 0 radical (unpaired) electrons. The highest BCUT2D eigenvalue weighted by molar-refractivity contribution is 5.83. The maximum Gasteiger partial charge on any atom is 0.193 e. The van der Waals surface area contributed by atoms with Gasteiger partial charge in [0.05, 0.1) is 0 Å². The van der Waals surface area contributed by atoms with Gasteiger partial charge in [-0.15, -0.1) is 0 Å². The van der Waals surface area contributed by atoms with Crippen LogP contribution in [0.1, 0.15) is 31.7 Å². The van der Waals surface area contributed by atoms with Gasteiger partial charge in [-0.25, -0.2) is 4.39 Å². The van der Waals surface area contributed by atoms with Gasteiger partial charge in [0.15, 0.2) is 5.96 Å². The van der Waals surface area contributed by atoms with E-state index in [2.05, 4.69) is 29.2 Å². The molecule has 2 heterocycles. The molecule has 6 heteroatoms. The van der Waals surface area contributed by atoms with Gasteiger partial charge in [0.2, 0.25) is 0 Å². The van der Waals surface area contributed by atoms with Crippen molar-refractivity contribution >= 4 is 16.9 Å². The van der Waals surface area contributed by atoms with Crippen molar-refractivity contribution in [2.45, 2.75) is 32.6 Å². The van der Waals surface area contributed by atoms with Crippen molar-refractivity contribution in [2.24, 2.45) is 10.9 Å². The summed E-state index contributed by atoms with van der Waals surface area (Å²) >= 11 is 0. The Bertz CT molecular complexity index is 752. The summed E-state index contributed by atoms with van der Waals surface area (Å²) in [7, 11) is 2.10. The Hall–Kier alpha value is -2.08. The number of aromatic nitrogens is 1. The van der Waals surface area contributed by atoms with Crippen LogP contribution < -0.4 is 5.32 Å². The molecule has 0 unspecified atom stereocenters. The van der Waals surface area contributed by atoms with E-state index in [0.29, 0.717) is 6.54 Å². The molecular weight excluding hydrogens is 343 g/mol. The quantitative estimate of drug-likeness (QED) is 0.575. The summed E-state index contributed by atoms with van der Waals surface area (Å²) in [5.41, 5.74) is 2.07. The molecule has 1 aliphatic rings. The Kier molecular flexibility index (Phi) is 7.10. The lowest BCUT2D eigenvalue weighted by Gasteiger charge is -2.26. The van der Waals surface area contributed by atoms with Gasteiger partial charge in [0, 0.05) is 57.0 Å². The molecule has 2 N–H and O–H groups in total. The zero-order valence-corrected chi connectivity index (χ0v) is 16.4. The van der Waals surface area contributed by atoms with E-state index in [9.17, 15) is 4.39 Å². The number of H-pyrrole nitrogens is 1. The molecule has 0 saturated carbocycles. The molecule has 2 aromatic rings. The number of rotatable bonds is 7. The van der Waals surface area contributed by atoms with Gasteiger partial charge in [0.1, 0.15) is 5.82 Å². The summed E-state index contributed by atoms with van der Waals surface area (Å²) < 4.78 is 19.0. The predicted molar refractivity (Wildman–Crippen MR) is 109 cm³/mol. The van der Waals surface area contributed by atoms with Gasteiger partial charge in [-0.3, -0.25) is 4.99 Å². The first-order valence-electron chi connectivity index (χ1n) is 10.00. The zero-order valence-electron chi connectivity index (χ0n) is 16.4. The molecule has 1 aliphatic heterocycles. The lowest BCUT2D eigenvalue weighted by molar-refractivity contribution is 0.0625. The summed E-state index contributed by atoms with van der Waals surface area (Å²) in [6.07, 6.45) is 6.25. The zero-order chi connectivity index (χ0) is 19.1. The summed E-state index contributed by atoms with van der Waals surface area (Å²) in [5.74, 6) is 1.49. The van der Waals surface area contributed by atoms with Crippen LogP contribution >= 0.6 is 0 Å². The maximum absolute atomic E-state index is 13.5. The highest BCUT2D eigenvalue weighted by atomic mass is 19.1. The summed E-state index contributed by atoms with van der Waals surface area (Å²) in [4.78, 5) is 10.2. The van der Waals surface area contributed by atoms with Crippen molar-refractivity contribution in [3.8, 4) is 0 Å². The normalized spacial score (nSPS) is 16.0. The highest BCUT2D eigenvalue weighted by Crippen LogP contribution is 2.20. The minimum atomic E-state index is -0.201. The van der Waals surface area contributed by atoms with Crippen molar-refractivity contribution in [2.75, 3.05) is 39.9 Å². The Morgan fingerprint density at radius 3 is 2.96 bits per heavy atom. The maximum atomic E-state index is 13.5. The fourth-order valence-corrected chi connectivity index (χ4v) is 3.63. The van der Waals surface area contributed by atoms with Crippen LogP contribution in [0.25, 0.3) is 10.9 Å². The van der Waals surface area contributed by atoms with Crippen LogP contribution in [0, 0.1) is 11.7 Å². The van der Waals surface area contributed by atoms with E-state index in [-0.39, 0.29) is 5.82 Å². The molecule has 1 fully saturated rings. The number of aliphatic imine (C=N–C) groups is 1. The van der Waals surface area contributed by atoms with Crippen LogP contribution in [0.3, 0.4) is 0 Å². The number of fused-ring (bicyclic) bond motifs is 1. The van der Waals surface area contributed by atoms with Crippen LogP contribution in [0.2, 0.25) is 0 Å². The van der Waals surface area contributed by atoms with E-state index < -0.39 is 0 Å². The predicted octanol–water partition coefficient (Wildman–Crippen LogP) is 3.56. The summed E-state index contributed by atoms with van der Waals surface area (Å²) in [6, 6.07) is 4.86. The molecular formula is C21H31FN4O. The molecule has 1 aromatic carbocycles. The van der Waals surface area contributed by atoms with E-state index >= 15 is 0 Å². The third-order valence-electron chi connectivity index (χ3n) is 5.28. The third-order valence-corrected chi connectivity index (χ3v) is 5.28. The number of hydrogen-bond acceptors (Lipinski definition) is 2. The molecule has 1 saturated heterocycles. The van der Waals surface area contributed by atoms with Crippen molar-refractivity contribution in [3.63, 3.8) is 0 Å². The molecule has 1 aromatic heterocycles. The van der Waals surface area contributed by atoms with Crippen LogP contribution in [0.15, 0.2) is 29.4 Å². The number of nitrogens with zero attached hydrogens (tertiary/aromatic N) is 2. The van der Waals surface area contributed by atoms with Crippen molar-refractivity contribution in [1.29, 1.82) is 0 Å². The second kappa shape index (κ2) is 9.74. The van der Waals surface area contributed by atoms with Crippen LogP contribution in [0.5, 0.6) is 0 Å². The van der Waals surface area contributed by atoms with Gasteiger partial charge < -0.3 is 19.9 Å². The molecule has 0 atom stereocenters. The number of benzene rings is 1. The Balaban J connectivity index is 1.56. The Labute approximate surface area is 161 Å². The van der Waals surface area contributed by atoms with Gasteiger partial charge in [-0.05, 0) is 62.3 Å². The van der Waals surface area contributed by atoms with E-state index in [1.807, 2.05) is 6.20 Å². The molecule has 27 heavy (non-hydrogen) atoms. The lowest BCUT2D eigenvalue weighted by Crippen LogP contribution is -2.40. The average molecular weight is 375 g/mol. The van der Waals surface area contributed by atoms with Crippen LogP contribution in [-0.4, -0.2) is 55.7 Å². The van der Waals surface area contributed by atoms with Crippen LogP contribution in [-0.2, 0) is 11.2 Å². The fraction of sp³-hybridized carbons (Fsp3) is 0.571. The van der Waals surface area contributed by atoms with Crippen molar-refractivity contribution < 1.29 is 9.13 Å². The highest BCUT2D eigenvalue weighted by Gasteiger charge is 2.15. The number of hydrogen-bond donors (Lipinski definition) is 2. The smallest absolute Gasteiger partial charge is 0.193 e. The minimum Gasteiger partial charge on any atom is -0.381 e. The first kappa shape index (κ1) is 19.7.